The zero-order valence-corrected chi connectivity index (χ0v) is 14.8. The monoisotopic (exact) mass is 381 g/mol. The highest BCUT2D eigenvalue weighted by Gasteiger charge is 2.13. The van der Waals surface area contributed by atoms with E-state index in [4.69, 9.17) is 27.9 Å². The maximum atomic E-state index is 12.2. The van der Waals surface area contributed by atoms with Crippen LogP contribution in [0.5, 0.6) is 5.75 Å². The maximum absolute atomic E-state index is 12.2. The number of hydrogen-bond acceptors (Lipinski definition) is 5. The highest BCUT2D eigenvalue weighted by Crippen LogP contribution is 2.25. The first kappa shape index (κ1) is 18.9. The molecule has 0 unspecified atom stereocenters. The number of halogens is 2. The number of hydrogen-bond donors (Lipinski definition) is 2. The van der Waals surface area contributed by atoms with Crippen molar-refractivity contribution < 1.29 is 19.4 Å². The van der Waals surface area contributed by atoms with E-state index in [0.29, 0.717) is 28.0 Å². The molecule has 0 aliphatic carbocycles. The van der Waals surface area contributed by atoms with Gasteiger partial charge in [-0.05, 0) is 35.9 Å². The summed E-state index contributed by atoms with van der Waals surface area (Å²) in [6.45, 7) is -0.235. The second-order valence-corrected chi connectivity index (χ2v) is 5.90. The van der Waals surface area contributed by atoms with Gasteiger partial charge in [0, 0.05) is 22.3 Å². The third kappa shape index (κ3) is 5.27. The smallest absolute Gasteiger partial charge is 0.253 e. The van der Waals surface area contributed by atoms with Crippen LogP contribution >= 0.6 is 23.2 Å². The molecule has 132 valence electrons. The summed E-state index contributed by atoms with van der Waals surface area (Å²) in [5.41, 5.74) is 1.54. The summed E-state index contributed by atoms with van der Waals surface area (Å²) >= 11 is 12.0. The summed E-state index contributed by atoms with van der Waals surface area (Å²) in [5, 5.41) is 16.9. The van der Waals surface area contributed by atoms with Gasteiger partial charge in [-0.3, -0.25) is 4.79 Å². The van der Waals surface area contributed by atoms with Crippen molar-refractivity contribution in [3.8, 4) is 5.75 Å². The fourth-order valence-electron chi connectivity index (χ4n) is 2.10. The minimum atomic E-state index is -1.38. The van der Waals surface area contributed by atoms with Gasteiger partial charge in [0.25, 0.3) is 5.91 Å². The summed E-state index contributed by atoms with van der Waals surface area (Å²) in [6.07, 6.45) is 0. The molecule has 1 amide bonds. The molecule has 0 radical (unpaired) electrons. The van der Waals surface area contributed by atoms with E-state index in [1.165, 1.54) is 13.2 Å². The van der Waals surface area contributed by atoms with Crippen LogP contribution in [0.25, 0.3) is 0 Å². The van der Waals surface area contributed by atoms with Gasteiger partial charge in [-0.15, -0.1) is 0 Å². The van der Waals surface area contributed by atoms with Crippen LogP contribution in [0.2, 0.25) is 10.0 Å². The number of ether oxygens (including phenoxy) is 1. The first-order valence-corrected chi connectivity index (χ1v) is 8.00. The van der Waals surface area contributed by atoms with E-state index in [9.17, 15) is 14.7 Å². The number of carbonyl (C=O) groups is 2. The zero-order valence-electron chi connectivity index (χ0n) is 13.3. The van der Waals surface area contributed by atoms with Crippen molar-refractivity contribution in [2.24, 2.45) is 0 Å². The van der Waals surface area contributed by atoms with Gasteiger partial charge in [-0.25, -0.2) is 0 Å². The van der Waals surface area contributed by atoms with Crippen LogP contribution in [0.4, 0.5) is 5.69 Å². The number of methoxy groups -OCH3 is 1. The molecule has 0 atom stereocenters. The summed E-state index contributed by atoms with van der Waals surface area (Å²) in [5.74, 6) is -1.47. The lowest BCUT2D eigenvalue weighted by atomic mass is 10.1. The van der Waals surface area contributed by atoms with Gasteiger partial charge >= 0.3 is 0 Å². The molecule has 0 fully saturated rings. The topological polar surface area (TPSA) is 90.5 Å². The number of carbonyl (C=O) groups excluding carboxylic acids is 2. The Morgan fingerprint density at radius 3 is 2.56 bits per heavy atom. The zero-order chi connectivity index (χ0) is 18.4. The molecule has 2 aromatic carbocycles. The highest BCUT2D eigenvalue weighted by atomic mass is 35.5. The van der Waals surface area contributed by atoms with Gasteiger partial charge in [0.2, 0.25) is 0 Å². The Kier molecular flexibility index (Phi) is 6.50. The lowest BCUT2D eigenvalue weighted by molar-refractivity contribution is -0.303. The van der Waals surface area contributed by atoms with E-state index in [1.807, 2.05) is 0 Å². The first-order valence-electron chi connectivity index (χ1n) is 7.24. The second kappa shape index (κ2) is 8.60. The standard InChI is InChI=1S/C17H16Cl2N2O4/c1-25-12-4-5-15(13(7-12)17(24)21-9-16(22)23)20-8-10-2-3-11(18)6-14(10)19/h2-7,20H,8-9H2,1H3,(H,21,24)(H,22,23)/p-1. The molecule has 25 heavy (non-hydrogen) atoms. The van der Waals surface area contributed by atoms with Crippen molar-refractivity contribution in [1.82, 2.24) is 5.32 Å². The molecule has 6 nitrogen and oxygen atoms in total. The highest BCUT2D eigenvalue weighted by molar-refractivity contribution is 6.35. The average Bonchev–Trinajstić information content (AvgIpc) is 2.58. The number of carboxylic acids is 1. The molecule has 0 aliphatic rings. The molecule has 2 aromatic rings. The van der Waals surface area contributed by atoms with Crippen LogP contribution < -0.4 is 20.5 Å². The fourth-order valence-corrected chi connectivity index (χ4v) is 2.57. The van der Waals surface area contributed by atoms with E-state index in [1.54, 1.807) is 30.3 Å². The maximum Gasteiger partial charge on any atom is 0.253 e. The summed E-state index contributed by atoms with van der Waals surface area (Å²) in [6, 6.07) is 9.97. The molecule has 2 N–H and O–H groups in total. The average molecular weight is 382 g/mol. The lowest BCUT2D eigenvalue weighted by Gasteiger charge is -2.14. The Balaban J connectivity index is 2.21. The molecule has 0 bridgehead atoms. The molecule has 0 saturated heterocycles. The van der Waals surface area contributed by atoms with E-state index in [0.717, 1.165) is 5.56 Å². The molecule has 0 saturated carbocycles. The van der Waals surface area contributed by atoms with E-state index in [2.05, 4.69) is 10.6 Å². The quantitative estimate of drug-likeness (QED) is 0.766. The molecule has 0 aliphatic heterocycles. The normalized spacial score (nSPS) is 10.2. The predicted octanol–water partition coefficient (Wildman–Crippen LogP) is 2.09. The summed E-state index contributed by atoms with van der Waals surface area (Å²) in [7, 11) is 1.47. The number of benzene rings is 2. The Bertz CT molecular complexity index is 796. The Hall–Kier alpha value is -2.44. The summed E-state index contributed by atoms with van der Waals surface area (Å²) < 4.78 is 5.11. The Labute approximate surface area is 154 Å². The molecule has 2 rings (SSSR count). The van der Waals surface area contributed by atoms with Gasteiger partial charge in [-0.2, -0.15) is 0 Å². The first-order chi connectivity index (χ1) is 11.9. The predicted molar refractivity (Wildman–Crippen MR) is 94.1 cm³/mol. The van der Waals surface area contributed by atoms with Crippen LogP contribution in [-0.2, 0) is 11.3 Å². The number of anilines is 1. The van der Waals surface area contributed by atoms with Crippen LogP contribution in [0.3, 0.4) is 0 Å². The third-order valence-electron chi connectivity index (χ3n) is 3.35. The SMILES string of the molecule is COc1ccc(NCc2ccc(Cl)cc2Cl)c(C(=O)NCC(=O)[O-])c1. The Morgan fingerprint density at radius 2 is 1.92 bits per heavy atom. The molecular weight excluding hydrogens is 367 g/mol. The third-order valence-corrected chi connectivity index (χ3v) is 3.94. The van der Waals surface area contributed by atoms with Gasteiger partial charge in [0.1, 0.15) is 5.75 Å². The van der Waals surface area contributed by atoms with Crippen LogP contribution in [-0.4, -0.2) is 25.5 Å². The number of nitrogens with one attached hydrogen (secondary N) is 2. The van der Waals surface area contributed by atoms with Gasteiger partial charge in [-0.1, -0.05) is 29.3 Å². The molecule has 8 heteroatoms. The number of rotatable bonds is 7. The molecule has 0 aromatic heterocycles. The Morgan fingerprint density at radius 1 is 1.16 bits per heavy atom. The second-order valence-electron chi connectivity index (χ2n) is 5.06. The van der Waals surface area contributed by atoms with Crippen molar-refractivity contribution in [3.05, 3.63) is 57.6 Å². The largest absolute Gasteiger partial charge is 0.548 e. The van der Waals surface area contributed by atoms with Crippen molar-refractivity contribution in [2.75, 3.05) is 19.0 Å². The fraction of sp³-hybridized carbons (Fsp3) is 0.176. The molecular formula is C17H15Cl2N2O4-. The van der Waals surface area contributed by atoms with Crippen molar-refractivity contribution in [3.63, 3.8) is 0 Å². The van der Waals surface area contributed by atoms with Gasteiger partial charge in [0.05, 0.1) is 25.2 Å². The van der Waals surface area contributed by atoms with Crippen molar-refractivity contribution in [1.29, 1.82) is 0 Å². The van der Waals surface area contributed by atoms with Crippen LogP contribution in [0.15, 0.2) is 36.4 Å². The van der Waals surface area contributed by atoms with E-state index < -0.39 is 18.4 Å². The molecule has 0 spiro atoms. The van der Waals surface area contributed by atoms with Gasteiger partial charge < -0.3 is 25.3 Å². The number of carboxylic acid groups (broad SMARTS) is 1. The van der Waals surface area contributed by atoms with Gasteiger partial charge in [0.15, 0.2) is 0 Å². The minimum Gasteiger partial charge on any atom is -0.548 e. The van der Waals surface area contributed by atoms with Crippen LogP contribution in [0.1, 0.15) is 15.9 Å². The number of aliphatic carboxylic acids is 1. The van der Waals surface area contributed by atoms with Crippen molar-refractivity contribution in [2.45, 2.75) is 6.54 Å². The van der Waals surface area contributed by atoms with Crippen molar-refractivity contribution >= 4 is 40.8 Å². The van der Waals surface area contributed by atoms with Crippen LogP contribution in [0, 0.1) is 0 Å². The lowest BCUT2D eigenvalue weighted by Crippen LogP contribution is -2.37. The minimum absolute atomic E-state index is 0.241. The number of amides is 1. The van der Waals surface area contributed by atoms with E-state index >= 15 is 0 Å². The summed E-state index contributed by atoms with van der Waals surface area (Å²) in [4.78, 5) is 22.7. The molecule has 0 heterocycles. The van der Waals surface area contributed by atoms with E-state index in [-0.39, 0.29) is 5.56 Å².